The predicted octanol–water partition coefficient (Wildman–Crippen LogP) is 3.64. The fraction of sp³-hybridized carbons (Fsp3) is 0.250. The average Bonchev–Trinajstić information content (AvgIpc) is 2.07. The van der Waals surface area contributed by atoms with Crippen molar-refractivity contribution in [1.82, 2.24) is 0 Å². The lowest BCUT2D eigenvalue weighted by atomic mass is 10.4. The average molecular weight is 209 g/mol. The zero-order valence-corrected chi connectivity index (χ0v) is 8.20. The molecule has 0 amide bonds. The van der Waals surface area contributed by atoms with Gasteiger partial charge in [-0.05, 0) is 24.3 Å². The summed E-state index contributed by atoms with van der Waals surface area (Å²) < 4.78 is 20.6. The molecule has 4 heteroatoms. The van der Waals surface area contributed by atoms with Crippen molar-refractivity contribution in [2.24, 2.45) is 0 Å². The summed E-state index contributed by atoms with van der Waals surface area (Å²) in [5.74, 6) is 0.438. The molecule has 0 saturated heterocycles. The summed E-state index contributed by atoms with van der Waals surface area (Å²) >= 11 is 5.61. The molecule has 0 aromatic heterocycles. The second kappa shape index (κ2) is 7.40. The minimum Gasteiger partial charge on any atom is -0.325 e. The standard InChI is InChI=1S/C6H5FOS.C2H5Cl/c7-5-1-3-6(9-8)4-2-5;1-2-3/h1-4,8H;2H2,1H3. The Balaban J connectivity index is 0.000000354. The van der Waals surface area contributed by atoms with Crippen LogP contribution >= 0.6 is 23.6 Å². The number of hydrogen-bond acceptors (Lipinski definition) is 2. The zero-order valence-electron chi connectivity index (χ0n) is 6.63. The van der Waals surface area contributed by atoms with Crippen molar-refractivity contribution >= 4 is 23.6 Å². The van der Waals surface area contributed by atoms with E-state index in [1.54, 1.807) is 0 Å². The van der Waals surface area contributed by atoms with Gasteiger partial charge in [-0.15, -0.1) is 11.6 Å². The molecule has 0 saturated carbocycles. The van der Waals surface area contributed by atoms with Crippen LogP contribution in [0.3, 0.4) is 0 Å². The summed E-state index contributed by atoms with van der Waals surface area (Å²) in [5, 5.41) is 0. The molecule has 0 unspecified atom stereocenters. The first-order valence-corrected chi connectivity index (χ1v) is 4.68. The van der Waals surface area contributed by atoms with Crippen molar-refractivity contribution in [1.29, 1.82) is 0 Å². The first kappa shape index (κ1) is 11.8. The molecule has 0 spiro atoms. The summed E-state index contributed by atoms with van der Waals surface area (Å²) in [7, 11) is 0. The maximum atomic E-state index is 12.1. The highest BCUT2D eigenvalue weighted by Gasteiger charge is 1.89. The quantitative estimate of drug-likeness (QED) is 0.562. The van der Waals surface area contributed by atoms with Gasteiger partial charge in [0.25, 0.3) is 0 Å². The van der Waals surface area contributed by atoms with Crippen LogP contribution < -0.4 is 0 Å². The molecule has 0 heterocycles. The van der Waals surface area contributed by atoms with E-state index in [9.17, 15) is 4.39 Å². The van der Waals surface area contributed by atoms with Crippen LogP contribution in [0.5, 0.6) is 0 Å². The van der Waals surface area contributed by atoms with Crippen molar-refractivity contribution in [2.75, 3.05) is 5.88 Å². The summed E-state index contributed by atoms with van der Waals surface area (Å²) in [4.78, 5) is 0.649. The maximum Gasteiger partial charge on any atom is 0.123 e. The molecule has 0 aliphatic carbocycles. The normalized spacial score (nSPS) is 8.67. The van der Waals surface area contributed by atoms with E-state index in [0.29, 0.717) is 16.9 Å². The van der Waals surface area contributed by atoms with Crippen molar-refractivity contribution in [2.45, 2.75) is 11.8 Å². The van der Waals surface area contributed by atoms with Crippen LogP contribution in [0.4, 0.5) is 4.39 Å². The molecule has 0 atom stereocenters. The van der Waals surface area contributed by atoms with Gasteiger partial charge in [-0.3, -0.25) is 0 Å². The van der Waals surface area contributed by atoms with E-state index in [-0.39, 0.29) is 5.82 Å². The van der Waals surface area contributed by atoms with Gasteiger partial charge in [0.15, 0.2) is 0 Å². The molecule has 0 fully saturated rings. The lowest BCUT2D eigenvalue weighted by Gasteiger charge is -1.90. The van der Waals surface area contributed by atoms with E-state index >= 15 is 0 Å². The molecule has 0 bridgehead atoms. The topological polar surface area (TPSA) is 20.2 Å². The Morgan fingerprint density at radius 3 is 2.17 bits per heavy atom. The van der Waals surface area contributed by atoms with Gasteiger partial charge in [0.1, 0.15) is 5.82 Å². The van der Waals surface area contributed by atoms with E-state index in [0.717, 1.165) is 5.88 Å². The van der Waals surface area contributed by atoms with E-state index in [1.165, 1.54) is 24.3 Å². The van der Waals surface area contributed by atoms with Gasteiger partial charge in [-0.2, -0.15) is 0 Å². The molecule has 1 aromatic rings. The van der Waals surface area contributed by atoms with E-state index in [4.69, 9.17) is 16.2 Å². The van der Waals surface area contributed by atoms with E-state index in [1.807, 2.05) is 6.92 Å². The third kappa shape index (κ3) is 5.41. The third-order valence-corrected chi connectivity index (χ3v) is 1.40. The Kier molecular flexibility index (Phi) is 7.25. The van der Waals surface area contributed by atoms with Crippen LogP contribution in [-0.2, 0) is 0 Å². The highest BCUT2D eigenvalue weighted by atomic mass is 35.5. The lowest BCUT2D eigenvalue weighted by molar-refractivity contribution is 0.625. The Morgan fingerprint density at radius 2 is 1.83 bits per heavy atom. The minimum atomic E-state index is -0.284. The van der Waals surface area contributed by atoms with E-state index < -0.39 is 0 Å². The van der Waals surface area contributed by atoms with Gasteiger partial charge in [0.05, 0.1) is 0 Å². The van der Waals surface area contributed by atoms with Gasteiger partial charge in [0, 0.05) is 22.8 Å². The van der Waals surface area contributed by atoms with Crippen molar-refractivity contribution in [3.05, 3.63) is 30.1 Å². The summed E-state index contributed by atoms with van der Waals surface area (Å²) in [6, 6.07) is 5.64. The zero-order chi connectivity index (χ0) is 9.40. The smallest absolute Gasteiger partial charge is 0.123 e. The summed E-state index contributed by atoms with van der Waals surface area (Å²) in [5.41, 5.74) is 0. The molecular weight excluding hydrogens is 199 g/mol. The lowest BCUT2D eigenvalue weighted by Crippen LogP contribution is -1.71. The van der Waals surface area contributed by atoms with Crippen molar-refractivity contribution in [3.8, 4) is 0 Å². The SMILES string of the molecule is CCCl.OSc1ccc(F)cc1. The Labute approximate surface area is 80.8 Å². The highest BCUT2D eigenvalue weighted by molar-refractivity contribution is 7.93. The van der Waals surface area contributed by atoms with Crippen molar-refractivity contribution in [3.63, 3.8) is 0 Å². The molecule has 1 nitrogen and oxygen atoms in total. The monoisotopic (exact) mass is 208 g/mol. The second-order valence-electron chi connectivity index (χ2n) is 1.81. The van der Waals surface area contributed by atoms with Crippen molar-refractivity contribution < 1.29 is 8.94 Å². The van der Waals surface area contributed by atoms with Gasteiger partial charge >= 0.3 is 0 Å². The molecule has 1 rings (SSSR count). The third-order valence-electron chi connectivity index (χ3n) is 0.919. The molecule has 68 valence electrons. The van der Waals surface area contributed by atoms with Crippen LogP contribution in [0.1, 0.15) is 6.92 Å². The van der Waals surface area contributed by atoms with Gasteiger partial charge in [-0.25, -0.2) is 4.39 Å². The first-order chi connectivity index (χ1) is 5.74. The van der Waals surface area contributed by atoms with E-state index in [2.05, 4.69) is 0 Å². The molecular formula is C8H10ClFOS. The fourth-order valence-corrected chi connectivity index (χ4v) is 0.753. The van der Waals surface area contributed by atoms with Crippen LogP contribution in [0.15, 0.2) is 29.2 Å². The molecule has 0 radical (unpaired) electrons. The summed E-state index contributed by atoms with van der Waals surface area (Å²) in [6.45, 7) is 1.89. The fourth-order valence-electron chi connectivity index (χ4n) is 0.495. The molecule has 1 aromatic carbocycles. The van der Waals surface area contributed by atoms with Crippen LogP contribution in [-0.4, -0.2) is 10.4 Å². The number of hydrogen-bond donors (Lipinski definition) is 1. The first-order valence-electron chi connectivity index (χ1n) is 3.37. The van der Waals surface area contributed by atoms with Gasteiger partial charge in [-0.1, -0.05) is 6.92 Å². The summed E-state index contributed by atoms with van der Waals surface area (Å²) in [6.07, 6.45) is 0. The molecule has 12 heavy (non-hydrogen) atoms. The number of alkyl halides is 1. The van der Waals surface area contributed by atoms with Gasteiger partial charge < -0.3 is 4.55 Å². The van der Waals surface area contributed by atoms with Gasteiger partial charge in [0.2, 0.25) is 0 Å². The van der Waals surface area contributed by atoms with Crippen LogP contribution in [0, 0.1) is 5.82 Å². The second-order valence-corrected chi connectivity index (χ2v) is 3.00. The minimum absolute atomic E-state index is 0.284. The number of rotatable bonds is 1. The van der Waals surface area contributed by atoms with Crippen LogP contribution in [0.2, 0.25) is 0 Å². The number of halogens is 2. The Morgan fingerprint density at radius 1 is 1.42 bits per heavy atom. The molecule has 0 aliphatic heterocycles. The predicted molar refractivity (Wildman–Crippen MR) is 51.3 cm³/mol. The largest absolute Gasteiger partial charge is 0.325 e. The van der Waals surface area contributed by atoms with Crippen LogP contribution in [0.25, 0.3) is 0 Å². The Bertz CT molecular complexity index is 203. The molecule has 1 N–H and O–H groups in total. The Hall–Kier alpha value is -0.250. The molecule has 0 aliphatic rings. The maximum absolute atomic E-state index is 12.1. The highest BCUT2D eigenvalue weighted by Crippen LogP contribution is 2.13. The number of benzene rings is 1.